The second-order valence-corrected chi connectivity index (χ2v) is 6.07. The van der Waals surface area contributed by atoms with Gasteiger partial charge in [0.1, 0.15) is 25.5 Å². The lowest BCUT2D eigenvalue weighted by molar-refractivity contribution is -0.385. The molecule has 15 heteroatoms. The topological polar surface area (TPSA) is 176 Å². The van der Waals surface area contributed by atoms with Crippen molar-refractivity contribution < 1.29 is 19.0 Å². The van der Waals surface area contributed by atoms with Crippen LogP contribution in [0.3, 0.4) is 0 Å². The molecule has 0 bridgehead atoms. The number of hydrogen-bond acceptors (Lipinski definition) is 9. The average Bonchev–Trinajstić information content (AvgIpc) is 3.40. The van der Waals surface area contributed by atoms with Crippen LogP contribution in [0, 0.1) is 10.1 Å². The first-order valence-electron chi connectivity index (χ1n) is 8.13. The van der Waals surface area contributed by atoms with Gasteiger partial charge in [-0.1, -0.05) is 16.8 Å². The van der Waals surface area contributed by atoms with Crippen molar-refractivity contribution in [3.63, 3.8) is 0 Å². The third-order valence-electron chi connectivity index (χ3n) is 3.44. The Labute approximate surface area is 167 Å². The lowest BCUT2D eigenvalue weighted by Crippen LogP contribution is -2.36. The highest BCUT2D eigenvalue weighted by Crippen LogP contribution is 2.07. The molecule has 0 aliphatic heterocycles. The van der Waals surface area contributed by atoms with Gasteiger partial charge >= 0.3 is 17.5 Å². The molecule has 3 aromatic heterocycles. The lowest BCUT2D eigenvalue weighted by Gasteiger charge is -2.05. The summed E-state index contributed by atoms with van der Waals surface area (Å²) in [6.45, 7) is 0.231. The standard InChI is InChI=1S/C14H14ClN9O5/c15-9-3-18-22(5-9)7-11-20-14(29-21-11)13(26)17-2-1-16-12(25)8-23-6-10(4-19-23)24(27)28/h3-6H,1-2,7-8H2,(H,16,25)(H,17,26). The molecule has 0 spiro atoms. The summed E-state index contributed by atoms with van der Waals surface area (Å²) in [5, 5.41) is 27.4. The largest absolute Gasteiger partial charge is 0.353 e. The van der Waals surface area contributed by atoms with E-state index in [9.17, 15) is 19.7 Å². The number of rotatable bonds is 9. The van der Waals surface area contributed by atoms with Crippen molar-refractivity contribution in [3.8, 4) is 0 Å². The SMILES string of the molecule is O=C(Cn1cc([N+](=O)[O-])cn1)NCCNC(=O)c1nc(Cn2cc(Cl)cn2)no1. The van der Waals surface area contributed by atoms with Crippen LogP contribution in [0.15, 0.2) is 29.3 Å². The first-order valence-corrected chi connectivity index (χ1v) is 8.51. The number of nitrogens with one attached hydrogen (secondary N) is 2. The third kappa shape index (κ3) is 5.58. The Hall–Kier alpha value is -3.81. The van der Waals surface area contributed by atoms with Crippen LogP contribution in [0.4, 0.5) is 5.69 Å². The fraction of sp³-hybridized carbons (Fsp3) is 0.286. The van der Waals surface area contributed by atoms with Crippen molar-refractivity contribution in [1.29, 1.82) is 0 Å². The second-order valence-electron chi connectivity index (χ2n) is 5.63. The zero-order valence-corrected chi connectivity index (χ0v) is 15.4. The highest BCUT2D eigenvalue weighted by atomic mass is 35.5. The van der Waals surface area contributed by atoms with Crippen molar-refractivity contribution in [1.82, 2.24) is 40.3 Å². The van der Waals surface area contributed by atoms with E-state index >= 15 is 0 Å². The minimum Gasteiger partial charge on any atom is -0.353 e. The van der Waals surface area contributed by atoms with Gasteiger partial charge in [-0.05, 0) is 0 Å². The quantitative estimate of drug-likeness (QED) is 0.264. The summed E-state index contributed by atoms with van der Waals surface area (Å²) >= 11 is 5.76. The third-order valence-corrected chi connectivity index (χ3v) is 3.63. The monoisotopic (exact) mass is 423 g/mol. The number of aromatic nitrogens is 6. The van der Waals surface area contributed by atoms with Crippen LogP contribution in [0.1, 0.15) is 16.5 Å². The van der Waals surface area contributed by atoms with E-state index in [1.54, 1.807) is 6.20 Å². The van der Waals surface area contributed by atoms with Crippen LogP contribution >= 0.6 is 11.6 Å². The summed E-state index contributed by atoms with van der Waals surface area (Å²) in [5.74, 6) is -1.00. The first-order chi connectivity index (χ1) is 13.9. The minimum absolute atomic E-state index is 0.107. The lowest BCUT2D eigenvalue weighted by atomic mass is 10.5. The van der Waals surface area contributed by atoms with E-state index in [1.807, 2.05) is 0 Å². The summed E-state index contributed by atoms with van der Waals surface area (Å²) in [7, 11) is 0. The Morgan fingerprint density at radius 1 is 1.17 bits per heavy atom. The number of nitrogens with zero attached hydrogens (tertiary/aromatic N) is 7. The Kier molecular flexibility index (Phi) is 6.13. The summed E-state index contributed by atoms with van der Waals surface area (Å²) in [6.07, 6.45) is 5.22. The summed E-state index contributed by atoms with van der Waals surface area (Å²) in [5.41, 5.74) is -0.209. The van der Waals surface area contributed by atoms with Gasteiger partial charge in [0, 0.05) is 19.3 Å². The molecule has 2 N–H and O–H groups in total. The number of carbonyl (C=O) groups excluding carboxylic acids is 2. The van der Waals surface area contributed by atoms with Gasteiger partial charge in [0.25, 0.3) is 0 Å². The Morgan fingerprint density at radius 3 is 2.62 bits per heavy atom. The molecule has 0 aromatic carbocycles. The van der Waals surface area contributed by atoms with Gasteiger partial charge in [-0.25, -0.2) is 0 Å². The van der Waals surface area contributed by atoms with E-state index in [0.29, 0.717) is 5.02 Å². The minimum atomic E-state index is -0.607. The molecule has 0 unspecified atom stereocenters. The molecule has 0 saturated heterocycles. The molecule has 29 heavy (non-hydrogen) atoms. The van der Waals surface area contributed by atoms with E-state index in [2.05, 4.69) is 31.0 Å². The van der Waals surface area contributed by atoms with Gasteiger partial charge in [-0.2, -0.15) is 15.2 Å². The molecule has 0 aliphatic carbocycles. The van der Waals surface area contributed by atoms with Gasteiger partial charge in [-0.15, -0.1) is 0 Å². The zero-order chi connectivity index (χ0) is 20.8. The maximum atomic E-state index is 12.0. The van der Waals surface area contributed by atoms with Crippen molar-refractivity contribution in [3.05, 3.63) is 51.6 Å². The van der Waals surface area contributed by atoms with Gasteiger partial charge in [0.15, 0.2) is 5.82 Å². The highest BCUT2D eigenvalue weighted by molar-refractivity contribution is 6.30. The first kappa shape index (κ1) is 19.9. The predicted octanol–water partition coefficient (Wildman–Crippen LogP) is -0.381. The van der Waals surface area contributed by atoms with Gasteiger partial charge in [-0.3, -0.25) is 29.1 Å². The molecule has 3 aromatic rings. The van der Waals surface area contributed by atoms with Crippen LogP contribution < -0.4 is 10.6 Å². The van der Waals surface area contributed by atoms with E-state index in [1.165, 1.54) is 10.9 Å². The van der Waals surface area contributed by atoms with Crippen LogP contribution in [0.2, 0.25) is 5.02 Å². The van der Waals surface area contributed by atoms with Crippen molar-refractivity contribution >= 4 is 29.1 Å². The molecule has 152 valence electrons. The molecule has 0 aliphatic rings. The van der Waals surface area contributed by atoms with Gasteiger partial charge in [0.05, 0.1) is 16.1 Å². The molecule has 2 amide bonds. The van der Waals surface area contributed by atoms with Crippen LogP contribution in [-0.2, 0) is 17.9 Å². The van der Waals surface area contributed by atoms with E-state index in [0.717, 1.165) is 17.1 Å². The maximum absolute atomic E-state index is 12.0. The van der Waals surface area contributed by atoms with Crippen molar-refractivity contribution in [2.45, 2.75) is 13.1 Å². The molecule has 0 saturated carbocycles. The molecule has 0 fully saturated rings. The number of carbonyl (C=O) groups is 2. The molecular weight excluding hydrogens is 410 g/mol. The Morgan fingerprint density at radius 2 is 1.93 bits per heavy atom. The molecule has 3 rings (SSSR count). The molecule has 14 nitrogen and oxygen atoms in total. The number of nitro groups is 1. The molecule has 0 atom stereocenters. The smallest absolute Gasteiger partial charge is 0.316 e. The fourth-order valence-electron chi connectivity index (χ4n) is 2.17. The van der Waals surface area contributed by atoms with Gasteiger partial charge < -0.3 is 15.2 Å². The fourth-order valence-corrected chi connectivity index (χ4v) is 2.33. The van der Waals surface area contributed by atoms with E-state index in [4.69, 9.17) is 16.1 Å². The molecule has 3 heterocycles. The second kappa shape index (κ2) is 8.92. The van der Waals surface area contributed by atoms with Crippen molar-refractivity contribution in [2.24, 2.45) is 0 Å². The zero-order valence-electron chi connectivity index (χ0n) is 14.7. The Bertz CT molecular complexity index is 1030. The van der Waals surface area contributed by atoms with Crippen LogP contribution in [-0.4, -0.2) is 59.5 Å². The van der Waals surface area contributed by atoms with Crippen LogP contribution in [0.5, 0.6) is 0 Å². The summed E-state index contributed by atoms with van der Waals surface area (Å²) in [4.78, 5) is 37.7. The molecule has 0 radical (unpaired) electrons. The molecular formula is C14H14ClN9O5. The Balaban J connectivity index is 1.38. The summed E-state index contributed by atoms with van der Waals surface area (Å²) < 4.78 is 7.51. The van der Waals surface area contributed by atoms with E-state index in [-0.39, 0.29) is 43.6 Å². The number of halogens is 1. The average molecular weight is 424 g/mol. The van der Waals surface area contributed by atoms with E-state index < -0.39 is 16.7 Å². The highest BCUT2D eigenvalue weighted by Gasteiger charge is 2.15. The summed E-state index contributed by atoms with van der Waals surface area (Å²) in [6, 6.07) is 0. The van der Waals surface area contributed by atoms with Crippen molar-refractivity contribution in [2.75, 3.05) is 13.1 Å². The van der Waals surface area contributed by atoms with Crippen LogP contribution in [0.25, 0.3) is 0 Å². The number of hydrogen-bond donors (Lipinski definition) is 2. The van der Waals surface area contributed by atoms with Gasteiger partial charge in [0.2, 0.25) is 5.91 Å². The number of amides is 2. The predicted molar refractivity (Wildman–Crippen MR) is 94.9 cm³/mol. The maximum Gasteiger partial charge on any atom is 0.316 e. The normalized spacial score (nSPS) is 10.7.